The maximum absolute atomic E-state index is 13.9. The number of carbonyl (C=O) groups is 1. The van der Waals surface area contributed by atoms with Gasteiger partial charge in [-0.25, -0.2) is 13.8 Å². The maximum atomic E-state index is 13.9. The van der Waals surface area contributed by atoms with E-state index in [1.165, 1.54) is 18.2 Å². The van der Waals surface area contributed by atoms with Crippen molar-refractivity contribution in [3.8, 4) is 11.1 Å². The third-order valence-corrected chi connectivity index (χ3v) is 4.17. The summed E-state index contributed by atoms with van der Waals surface area (Å²) in [6.07, 6.45) is 3.45. The van der Waals surface area contributed by atoms with Crippen LogP contribution < -0.4 is 5.32 Å². The number of carbonyl (C=O) groups excluding carboxylic acids is 1. The van der Waals surface area contributed by atoms with E-state index in [4.69, 9.17) is 0 Å². The van der Waals surface area contributed by atoms with Crippen molar-refractivity contribution in [2.45, 2.75) is 12.8 Å². The van der Waals surface area contributed by atoms with Gasteiger partial charge in [0.25, 0.3) is 0 Å². The zero-order chi connectivity index (χ0) is 16.7. The largest absolute Gasteiger partial charge is 0.310 e. The van der Waals surface area contributed by atoms with Crippen LogP contribution in [0.1, 0.15) is 12.8 Å². The van der Waals surface area contributed by atoms with Crippen molar-refractivity contribution in [1.82, 2.24) is 4.98 Å². The fourth-order valence-corrected chi connectivity index (χ4v) is 2.71. The lowest BCUT2D eigenvalue weighted by Gasteiger charge is -2.08. The summed E-state index contributed by atoms with van der Waals surface area (Å²) in [5.74, 6) is -0.615. The average Bonchev–Trinajstić information content (AvgIpc) is 3.39. The van der Waals surface area contributed by atoms with E-state index >= 15 is 0 Å². The lowest BCUT2D eigenvalue weighted by molar-refractivity contribution is -0.117. The lowest BCUT2D eigenvalue weighted by Crippen LogP contribution is -2.14. The van der Waals surface area contributed by atoms with Crippen molar-refractivity contribution in [2.24, 2.45) is 5.92 Å². The standard InChI is InChI=1S/C19H14F2N2O/c20-15-2-1-3-16(21)18(15)13-7-6-12-9-17(22-10-14(12)8-13)23-19(24)11-4-5-11/h1-3,6-11H,4-5H2,(H,22,23,24). The number of fused-ring (bicyclic) bond motifs is 1. The second kappa shape index (κ2) is 5.67. The summed E-state index contributed by atoms with van der Waals surface area (Å²) in [5, 5.41) is 4.38. The minimum atomic E-state index is -0.601. The quantitative estimate of drug-likeness (QED) is 0.769. The zero-order valence-electron chi connectivity index (χ0n) is 12.7. The van der Waals surface area contributed by atoms with Crippen molar-refractivity contribution in [1.29, 1.82) is 0 Å². The van der Waals surface area contributed by atoms with Gasteiger partial charge < -0.3 is 5.32 Å². The first-order valence-electron chi connectivity index (χ1n) is 7.77. The van der Waals surface area contributed by atoms with E-state index in [1.54, 1.807) is 30.5 Å². The van der Waals surface area contributed by atoms with Gasteiger partial charge in [-0.2, -0.15) is 0 Å². The number of hydrogen-bond acceptors (Lipinski definition) is 2. The molecule has 1 aromatic heterocycles. The summed E-state index contributed by atoms with van der Waals surface area (Å²) in [6.45, 7) is 0. The fourth-order valence-electron chi connectivity index (χ4n) is 2.71. The van der Waals surface area contributed by atoms with Gasteiger partial charge in [0.2, 0.25) is 5.91 Å². The highest BCUT2D eigenvalue weighted by atomic mass is 19.1. The Bertz CT molecular complexity index is 931. The highest BCUT2D eigenvalue weighted by Crippen LogP contribution is 2.31. The molecule has 0 spiro atoms. The number of benzene rings is 2. The summed E-state index contributed by atoms with van der Waals surface area (Å²) >= 11 is 0. The second-order valence-corrected chi connectivity index (χ2v) is 5.99. The molecule has 1 N–H and O–H groups in total. The number of nitrogens with one attached hydrogen (secondary N) is 1. The molecule has 2 aromatic carbocycles. The molecule has 0 aliphatic heterocycles. The second-order valence-electron chi connectivity index (χ2n) is 5.99. The van der Waals surface area contributed by atoms with Crippen LogP contribution >= 0.6 is 0 Å². The van der Waals surface area contributed by atoms with Gasteiger partial charge in [0.15, 0.2) is 0 Å². The molecule has 1 saturated carbocycles. The molecule has 120 valence electrons. The van der Waals surface area contributed by atoms with E-state index in [0.717, 1.165) is 23.6 Å². The van der Waals surface area contributed by atoms with Crippen LogP contribution in [-0.2, 0) is 4.79 Å². The van der Waals surface area contributed by atoms with Crippen LogP contribution in [-0.4, -0.2) is 10.9 Å². The number of anilines is 1. The molecule has 1 amide bonds. The summed E-state index contributed by atoms with van der Waals surface area (Å²) in [6, 6.07) is 10.7. The number of halogens is 2. The van der Waals surface area contributed by atoms with Crippen LogP contribution in [0.2, 0.25) is 0 Å². The summed E-state index contributed by atoms with van der Waals surface area (Å²) in [5.41, 5.74) is 0.403. The molecule has 24 heavy (non-hydrogen) atoms. The average molecular weight is 324 g/mol. The van der Waals surface area contributed by atoms with Gasteiger partial charge in [-0.05, 0) is 48.1 Å². The van der Waals surface area contributed by atoms with Crippen LogP contribution in [0.25, 0.3) is 21.9 Å². The van der Waals surface area contributed by atoms with Crippen LogP contribution in [0.5, 0.6) is 0 Å². The molecule has 3 aromatic rings. The number of aromatic nitrogens is 1. The first-order valence-corrected chi connectivity index (χ1v) is 7.77. The molecule has 1 aliphatic rings. The van der Waals surface area contributed by atoms with Gasteiger partial charge in [-0.15, -0.1) is 0 Å². The SMILES string of the molecule is O=C(Nc1cc2ccc(-c3c(F)cccc3F)cc2cn1)C1CC1. The van der Waals surface area contributed by atoms with Gasteiger partial charge in [-0.3, -0.25) is 4.79 Å². The number of hydrogen-bond donors (Lipinski definition) is 1. The topological polar surface area (TPSA) is 42.0 Å². The number of nitrogens with zero attached hydrogens (tertiary/aromatic N) is 1. The first kappa shape index (κ1) is 14.8. The third kappa shape index (κ3) is 2.73. The molecule has 3 nitrogen and oxygen atoms in total. The van der Waals surface area contributed by atoms with Crippen LogP contribution in [0, 0.1) is 17.6 Å². The molecule has 0 bridgehead atoms. The summed E-state index contributed by atoms with van der Waals surface area (Å²) in [4.78, 5) is 16.0. The van der Waals surface area contributed by atoms with Crippen LogP contribution in [0.4, 0.5) is 14.6 Å². The zero-order valence-corrected chi connectivity index (χ0v) is 12.7. The van der Waals surface area contributed by atoms with Gasteiger partial charge in [0, 0.05) is 17.5 Å². The number of pyridine rings is 1. The first-order chi connectivity index (χ1) is 11.6. The predicted molar refractivity (Wildman–Crippen MR) is 88.4 cm³/mol. The van der Waals surface area contributed by atoms with E-state index in [0.29, 0.717) is 11.4 Å². The van der Waals surface area contributed by atoms with Gasteiger partial charge in [-0.1, -0.05) is 18.2 Å². The summed E-state index contributed by atoms with van der Waals surface area (Å²) in [7, 11) is 0. The van der Waals surface area contributed by atoms with E-state index < -0.39 is 11.6 Å². The molecular formula is C19H14F2N2O. The smallest absolute Gasteiger partial charge is 0.228 e. The Morgan fingerprint density at radius 1 is 1.04 bits per heavy atom. The Kier molecular flexibility index (Phi) is 3.49. The highest BCUT2D eigenvalue weighted by Gasteiger charge is 2.29. The van der Waals surface area contributed by atoms with Gasteiger partial charge in [0.1, 0.15) is 17.5 Å². The normalized spacial score (nSPS) is 13.9. The van der Waals surface area contributed by atoms with Crippen molar-refractivity contribution >= 4 is 22.5 Å². The van der Waals surface area contributed by atoms with Crippen molar-refractivity contribution < 1.29 is 13.6 Å². The van der Waals surface area contributed by atoms with E-state index in [2.05, 4.69) is 10.3 Å². The molecule has 0 saturated heterocycles. The fraction of sp³-hybridized carbons (Fsp3) is 0.158. The number of rotatable bonds is 3. The van der Waals surface area contributed by atoms with Crippen LogP contribution in [0.15, 0.2) is 48.7 Å². The Morgan fingerprint density at radius 2 is 1.79 bits per heavy atom. The van der Waals surface area contributed by atoms with Gasteiger partial charge >= 0.3 is 0 Å². The molecule has 0 unspecified atom stereocenters. The monoisotopic (exact) mass is 324 g/mol. The van der Waals surface area contributed by atoms with E-state index in [1.807, 2.05) is 0 Å². The van der Waals surface area contributed by atoms with Crippen molar-refractivity contribution in [2.75, 3.05) is 5.32 Å². The molecular weight excluding hydrogens is 310 g/mol. The Hall–Kier alpha value is -2.82. The molecule has 0 radical (unpaired) electrons. The predicted octanol–water partition coefficient (Wildman–Crippen LogP) is 4.53. The minimum Gasteiger partial charge on any atom is -0.310 e. The van der Waals surface area contributed by atoms with E-state index in [-0.39, 0.29) is 17.4 Å². The van der Waals surface area contributed by atoms with Crippen molar-refractivity contribution in [3.63, 3.8) is 0 Å². The molecule has 1 fully saturated rings. The Morgan fingerprint density at radius 3 is 2.50 bits per heavy atom. The van der Waals surface area contributed by atoms with Gasteiger partial charge in [0.05, 0.1) is 5.56 Å². The van der Waals surface area contributed by atoms with Crippen molar-refractivity contribution in [3.05, 3.63) is 60.3 Å². The van der Waals surface area contributed by atoms with E-state index in [9.17, 15) is 13.6 Å². The molecule has 1 aliphatic carbocycles. The Labute approximate surface area is 137 Å². The molecule has 0 atom stereocenters. The maximum Gasteiger partial charge on any atom is 0.228 e. The lowest BCUT2D eigenvalue weighted by atomic mass is 10.0. The highest BCUT2D eigenvalue weighted by molar-refractivity contribution is 5.96. The van der Waals surface area contributed by atoms with Crippen LogP contribution in [0.3, 0.4) is 0 Å². The summed E-state index contributed by atoms with van der Waals surface area (Å²) < 4.78 is 27.8. The molecule has 4 rings (SSSR count). The number of amides is 1. The minimum absolute atomic E-state index is 0.00750. The molecule has 1 heterocycles. The molecule has 5 heteroatoms. The third-order valence-electron chi connectivity index (χ3n) is 4.17. The Balaban J connectivity index is 1.70.